The number of alkyl halides is 3. The normalized spacial score (nSPS) is 11.7. The van der Waals surface area contributed by atoms with E-state index in [0.29, 0.717) is 6.54 Å². The van der Waals surface area contributed by atoms with Crippen molar-refractivity contribution < 1.29 is 13.2 Å². The minimum atomic E-state index is -4.65. The molecule has 21 heavy (non-hydrogen) atoms. The summed E-state index contributed by atoms with van der Waals surface area (Å²) >= 11 is 0.849. The van der Waals surface area contributed by atoms with Gasteiger partial charge in [-0.05, 0) is 18.7 Å². The maximum absolute atomic E-state index is 12.7. The van der Waals surface area contributed by atoms with Crippen LogP contribution in [0.25, 0.3) is 0 Å². The van der Waals surface area contributed by atoms with Gasteiger partial charge in [0.2, 0.25) is 5.82 Å². The van der Waals surface area contributed by atoms with Gasteiger partial charge in [0.15, 0.2) is 5.16 Å². The molecule has 2 aromatic heterocycles. The third-order valence-corrected chi connectivity index (χ3v) is 3.36. The molecule has 2 N–H and O–H groups in total. The van der Waals surface area contributed by atoms with Crippen LogP contribution in [0.5, 0.6) is 0 Å². The van der Waals surface area contributed by atoms with E-state index in [2.05, 4.69) is 25.5 Å². The molecular formula is C10H11F3N6OS. The van der Waals surface area contributed by atoms with Gasteiger partial charge in [-0.25, -0.2) is 19.9 Å². The van der Waals surface area contributed by atoms with E-state index in [1.54, 1.807) is 6.92 Å². The topological polar surface area (TPSA) is 88.5 Å². The first-order valence-electron chi connectivity index (χ1n) is 5.82. The molecule has 0 fully saturated rings. The van der Waals surface area contributed by atoms with E-state index in [4.69, 9.17) is 0 Å². The van der Waals surface area contributed by atoms with Crippen LogP contribution in [0.3, 0.4) is 0 Å². The Morgan fingerprint density at radius 2 is 2.14 bits per heavy atom. The average Bonchev–Trinajstić information content (AvgIpc) is 2.77. The summed E-state index contributed by atoms with van der Waals surface area (Å²) in [5.41, 5.74) is -0.432. The van der Waals surface area contributed by atoms with E-state index in [9.17, 15) is 18.0 Å². The van der Waals surface area contributed by atoms with Crippen molar-refractivity contribution in [1.29, 1.82) is 0 Å². The number of rotatable bonds is 4. The molecule has 0 aliphatic rings. The van der Waals surface area contributed by atoms with Crippen LogP contribution in [0, 0.1) is 0 Å². The lowest BCUT2D eigenvalue weighted by atomic mass is 10.5. The SMILES string of the molecule is CCn1c(Sc2cc(NC)nc(C(F)(F)F)n2)n[nH]c1=O. The maximum atomic E-state index is 12.7. The number of aromatic amines is 1. The number of anilines is 1. The average molecular weight is 320 g/mol. The minimum Gasteiger partial charge on any atom is -0.373 e. The van der Waals surface area contributed by atoms with Gasteiger partial charge >= 0.3 is 11.9 Å². The van der Waals surface area contributed by atoms with E-state index >= 15 is 0 Å². The molecule has 0 saturated heterocycles. The molecule has 2 heterocycles. The van der Waals surface area contributed by atoms with E-state index in [1.165, 1.54) is 17.7 Å². The maximum Gasteiger partial charge on any atom is 0.451 e. The molecule has 0 radical (unpaired) electrons. The van der Waals surface area contributed by atoms with Crippen molar-refractivity contribution in [2.75, 3.05) is 12.4 Å². The van der Waals surface area contributed by atoms with Crippen molar-refractivity contribution in [3.8, 4) is 0 Å². The smallest absolute Gasteiger partial charge is 0.373 e. The number of nitrogens with one attached hydrogen (secondary N) is 2. The minimum absolute atomic E-state index is 0.0285. The molecule has 7 nitrogen and oxygen atoms in total. The van der Waals surface area contributed by atoms with Gasteiger partial charge < -0.3 is 5.32 Å². The van der Waals surface area contributed by atoms with Crippen LogP contribution < -0.4 is 11.0 Å². The predicted octanol–water partition coefficient (Wildman–Crippen LogP) is 1.59. The Kier molecular flexibility index (Phi) is 4.21. The zero-order chi connectivity index (χ0) is 15.6. The molecule has 0 bridgehead atoms. The summed E-state index contributed by atoms with van der Waals surface area (Å²) < 4.78 is 39.5. The third kappa shape index (κ3) is 3.35. The van der Waals surface area contributed by atoms with Gasteiger partial charge in [-0.3, -0.25) is 4.57 Å². The molecule has 0 unspecified atom stereocenters. The summed E-state index contributed by atoms with van der Waals surface area (Å²) in [7, 11) is 1.45. The Labute approximate surface area is 121 Å². The summed E-state index contributed by atoms with van der Waals surface area (Å²) in [5.74, 6) is -1.22. The number of halogens is 3. The summed E-state index contributed by atoms with van der Waals surface area (Å²) in [5, 5.41) is 8.80. The van der Waals surface area contributed by atoms with Crippen molar-refractivity contribution in [2.24, 2.45) is 0 Å². The second kappa shape index (κ2) is 5.76. The standard InChI is InChI=1S/C10H11F3N6OS/c1-3-19-8(20)17-18-9(19)21-6-4-5(14-2)15-7(16-6)10(11,12)13/h4H,3H2,1-2H3,(H,17,20)(H,14,15,16). The highest BCUT2D eigenvalue weighted by Gasteiger charge is 2.35. The van der Waals surface area contributed by atoms with Gasteiger partial charge in [-0.1, -0.05) is 0 Å². The van der Waals surface area contributed by atoms with E-state index in [1.807, 2.05) is 0 Å². The molecule has 2 rings (SSSR count). The van der Waals surface area contributed by atoms with Gasteiger partial charge in [-0.15, -0.1) is 5.10 Å². The van der Waals surface area contributed by atoms with Crippen molar-refractivity contribution in [2.45, 2.75) is 29.8 Å². The van der Waals surface area contributed by atoms with Gasteiger partial charge in [0, 0.05) is 19.7 Å². The lowest BCUT2D eigenvalue weighted by Gasteiger charge is -2.09. The van der Waals surface area contributed by atoms with Gasteiger partial charge in [-0.2, -0.15) is 13.2 Å². The monoisotopic (exact) mass is 320 g/mol. The van der Waals surface area contributed by atoms with E-state index in [0.717, 1.165) is 11.8 Å². The summed E-state index contributed by atoms with van der Waals surface area (Å²) in [6.45, 7) is 2.06. The van der Waals surface area contributed by atoms with E-state index in [-0.39, 0.29) is 16.0 Å². The zero-order valence-corrected chi connectivity index (χ0v) is 11.8. The number of H-pyrrole nitrogens is 1. The van der Waals surface area contributed by atoms with Crippen molar-refractivity contribution in [3.05, 3.63) is 22.4 Å². The van der Waals surface area contributed by atoms with Crippen LogP contribution in [0.2, 0.25) is 0 Å². The zero-order valence-electron chi connectivity index (χ0n) is 11.0. The Morgan fingerprint density at radius 3 is 2.71 bits per heavy atom. The molecular weight excluding hydrogens is 309 g/mol. The molecule has 0 amide bonds. The molecule has 114 valence electrons. The molecule has 0 aliphatic carbocycles. The van der Waals surface area contributed by atoms with Gasteiger partial charge in [0.05, 0.1) is 0 Å². The molecule has 0 saturated carbocycles. The summed E-state index contributed by atoms with van der Waals surface area (Å²) in [4.78, 5) is 18.2. The molecule has 0 atom stereocenters. The second-order valence-electron chi connectivity index (χ2n) is 3.82. The highest BCUT2D eigenvalue weighted by atomic mass is 32.2. The van der Waals surface area contributed by atoms with E-state index < -0.39 is 17.7 Å². The molecule has 2 aromatic rings. The Balaban J connectivity index is 2.42. The Hall–Kier alpha value is -2.04. The van der Waals surface area contributed by atoms with Crippen LogP contribution in [0.1, 0.15) is 12.7 Å². The second-order valence-corrected chi connectivity index (χ2v) is 4.81. The predicted molar refractivity (Wildman–Crippen MR) is 69.2 cm³/mol. The summed E-state index contributed by atoms with van der Waals surface area (Å²) in [6.07, 6.45) is -4.65. The van der Waals surface area contributed by atoms with Crippen molar-refractivity contribution >= 4 is 17.6 Å². The van der Waals surface area contributed by atoms with Crippen LogP contribution in [0.4, 0.5) is 19.0 Å². The fourth-order valence-corrected chi connectivity index (χ4v) is 2.39. The lowest BCUT2D eigenvalue weighted by molar-refractivity contribution is -0.145. The van der Waals surface area contributed by atoms with Crippen LogP contribution in [-0.2, 0) is 12.7 Å². The third-order valence-electron chi connectivity index (χ3n) is 2.45. The number of hydrogen-bond donors (Lipinski definition) is 2. The molecule has 0 aliphatic heterocycles. The number of aromatic nitrogens is 5. The first-order valence-corrected chi connectivity index (χ1v) is 6.64. The number of hydrogen-bond acceptors (Lipinski definition) is 6. The number of nitrogens with zero attached hydrogens (tertiary/aromatic N) is 4. The Morgan fingerprint density at radius 1 is 1.43 bits per heavy atom. The Bertz CT molecular complexity index is 695. The quantitative estimate of drug-likeness (QED) is 0.832. The van der Waals surface area contributed by atoms with Gasteiger partial charge in [0.1, 0.15) is 10.8 Å². The van der Waals surface area contributed by atoms with Crippen molar-refractivity contribution in [1.82, 2.24) is 24.7 Å². The highest BCUT2D eigenvalue weighted by molar-refractivity contribution is 7.99. The first-order chi connectivity index (χ1) is 9.85. The first kappa shape index (κ1) is 15.4. The van der Waals surface area contributed by atoms with Crippen LogP contribution >= 0.6 is 11.8 Å². The summed E-state index contributed by atoms with van der Waals surface area (Å²) in [6, 6.07) is 1.35. The van der Waals surface area contributed by atoms with Crippen molar-refractivity contribution in [3.63, 3.8) is 0 Å². The molecule has 0 spiro atoms. The molecule has 11 heteroatoms. The fourth-order valence-electron chi connectivity index (χ4n) is 1.49. The van der Waals surface area contributed by atoms with Crippen LogP contribution in [0.15, 0.2) is 21.0 Å². The van der Waals surface area contributed by atoms with Gasteiger partial charge in [0.25, 0.3) is 0 Å². The lowest BCUT2D eigenvalue weighted by Crippen LogP contribution is -2.16. The van der Waals surface area contributed by atoms with Crippen LogP contribution in [-0.4, -0.2) is 31.8 Å². The molecule has 0 aromatic carbocycles. The highest BCUT2D eigenvalue weighted by Crippen LogP contribution is 2.31. The fraction of sp³-hybridized carbons (Fsp3) is 0.400. The largest absolute Gasteiger partial charge is 0.451 e.